The third kappa shape index (κ3) is 6.36. The molecule has 0 bridgehead atoms. The van der Waals surface area contributed by atoms with Gasteiger partial charge in [-0.3, -0.25) is 4.79 Å². The van der Waals surface area contributed by atoms with Crippen molar-refractivity contribution < 1.29 is 9.53 Å². The van der Waals surface area contributed by atoms with Crippen LogP contribution in [-0.2, 0) is 4.79 Å². The van der Waals surface area contributed by atoms with Crippen molar-refractivity contribution in [1.82, 2.24) is 10.6 Å². The van der Waals surface area contributed by atoms with E-state index in [4.69, 9.17) is 16.3 Å². The highest BCUT2D eigenvalue weighted by Crippen LogP contribution is 2.27. The zero-order valence-electron chi connectivity index (χ0n) is 13.2. The van der Waals surface area contributed by atoms with Gasteiger partial charge in [0.2, 0.25) is 0 Å². The molecule has 0 saturated carbocycles. The number of amides is 1. The molecule has 2 N–H and O–H groups in total. The fraction of sp³-hybridized carbons (Fsp3) is 0.562. The molecule has 1 rings (SSSR count). The Morgan fingerprint density at radius 1 is 1.33 bits per heavy atom. The number of carbonyl (C=O) groups excluding carboxylic acids is 1. The number of hydrogen-bond donors (Lipinski definition) is 2. The largest absolute Gasteiger partial charge is 0.482 e. The van der Waals surface area contributed by atoms with Crippen LogP contribution in [0.4, 0.5) is 0 Å². The molecule has 118 valence electrons. The second-order valence-corrected chi connectivity index (χ2v) is 5.86. The van der Waals surface area contributed by atoms with E-state index in [0.717, 1.165) is 12.1 Å². The number of carbonyl (C=O) groups is 1. The van der Waals surface area contributed by atoms with Gasteiger partial charge in [-0.1, -0.05) is 38.4 Å². The van der Waals surface area contributed by atoms with Crippen LogP contribution in [0.25, 0.3) is 0 Å². The van der Waals surface area contributed by atoms with Crippen molar-refractivity contribution in [2.75, 3.05) is 19.7 Å². The van der Waals surface area contributed by atoms with Crippen molar-refractivity contribution in [3.8, 4) is 5.75 Å². The van der Waals surface area contributed by atoms with E-state index in [1.807, 2.05) is 26.0 Å². The third-order valence-corrected chi connectivity index (χ3v) is 3.33. The summed E-state index contributed by atoms with van der Waals surface area (Å²) in [7, 11) is 0. The SMILES string of the molecule is CCNC(C)c1ccc(OCC(=O)NCC(C)C)c(Cl)c1. The summed E-state index contributed by atoms with van der Waals surface area (Å²) in [5.74, 6) is 0.818. The molecule has 4 nitrogen and oxygen atoms in total. The highest BCUT2D eigenvalue weighted by atomic mass is 35.5. The number of halogens is 1. The molecule has 0 aliphatic heterocycles. The van der Waals surface area contributed by atoms with Gasteiger partial charge in [0.1, 0.15) is 5.75 Å². The molecule has 0 fully saturated rings. The van der Waals surface area contributed by atoms with Crippen molar-refractivity contribution >= 4 is 17.5 Å². The predicted molar refractivity (Wildman–Crippen MR) is 86.9 cm³/mol. The summed E-state index contributed by atoms with van der Waals surface area (Å²) in [5, 5.41) is 6.65. The van der Waals surface area contributed by atoms with Crippen LogP contribution in [0, 0.1) is 5.92 Å². The quantitative estimate of drug-likeness (QED) is 0.775. The molecule has 21 heavy (non-hydrogen) atoms. The lowest BCUT2D eigenvalue weighted by Gasteiger charge is -2.15. The molecule has 0 radical (unpaired) electrons. The molecule has 0 aliphatic carbocycles. The summed E-state index contributed by atoms with van der Waals surface area (Å²) in [5.41, 5.74) is 1.10. The number of benzene rings is 1. The van der Waals surface area contributed by atoms with Crippen LogP contribution in [0.5, 0.6) is 5.75 Å². The van der Waals surface area contributed by atoms with Gasteiger partial charge >= 0.3 is 0 Å². The van der Waals surface area contributed by atoms with Crippen molar-refractivity contribution in [2.24, 2.45) is 5.92 Å². The maximum absolute atomic E-state index is 11.6. The van der Waals surface area contributed by atoms with E-state index in [1.54, 1.807) is 6.07 Å². The highest BCUT2D eigenvalue weighted by Gasteiger charge is 2.10. The number of hydrogen-bond acceptors (Lipinski definition) is 3. The molecule has 0 aliphatic rings. The standard InChI is InChI=1S/C16H25ClN2O2/c1-5-18-12(4)13-6-7-15(14(17)8-13)21-10-16(20)19-9-11(2)3/h6-8,11-12,18H,5,9-10H2,1-4H3,(H,19,20). The van der Waals surface area contributed by atoms with Crippen LogP contribution in [0.2, 0.25) is 5.02 Å². The minimum absolute atomic E-state index is 0.0193. The zero-order chi connectivity index (χ0) is 15.8. The number of rotatable bonds is 8. The van der Waals surface area contributed by atoms with E-state index < -0.39 is 0 Å². The van der Waals surface area contributed by atoms with Gasteiger partial charge in [-0.15, -0.1) is 0 Å². The second-order valence-electron chi connectivity index (χ2n) is 5.46. The Morgan fingerprint density at radius 2 is 2.05 bits per heavy atom. The first kappa shape index (κ1) is 17.8. The smallest absolute Gasteiger partial charge is 0.257 e. The molecule has 1 atom stereocenters. The molecule has 1 aromatic carbocycles. The van der Waals surface area contributed by atoms with Crippen LogP contribution >= 0.6 is 11.6 Å². The van der Waals surface area contributed by atoms with Gasteiger partial charge in [0.25, 0.3) is 5.91 Å². The van der Waals surface area contributed by atoms with E-state index in [2.05, 4.69) is 24.5 Å². The predicted octanol–water partition coefficient (Wildman–Crippen LogP) is 3.16. The fourth-order valence-electron chi connectivity index (χ4n) is 1.84. The lowest BCUT2D eigenvalue weighted by Crippen LogP contribution is -2.31. The third-order valence-electron chi connectivity index (χ3n) is 3.03. The van der Waals surface area contributed by atoms with Crippen LogP contribution in [-0.4, -0.2) is 25.6 Å². The van der Waals surface area contributed by atoms with Gasteiger partial charge in [-0.25, -0.2) is 0 Å². The molecular weight excluding hydrogens is 288 g/mol. The van der Waals surface area contributed by atoms with Crippen molar-refractivity contribution in [1.29, 1.82) is 0 Å². The Hall–Kier alpha value is -1.26. The van der Waals surface area contributed by atoms with Gasteiger partial charge in [-0.05, 0) is 37.1 Å². The van der Waals surface area contributed by atoms with E-state index in [0.29, 0.717) is 23.2 Å². The molecule has 5 heteroatoms. The Bertz CT molecular complexity index is 464. The van der Waals surface area contributed by atoms with Crippen LogP contribution in [0.3, 0.4) is 0 Å². The average Bonchev–Trinajstić information content (AvgIpc) is 2.44. The number of nitrogens with one attached hydrogen (secondary N) is 2. The van der Waals surface area contributed by atoms with Crippen LogP contribution < -0.4 is 15.4 Å². The summed E-state index contributed by atoms with van der Waals surface area (Å²) in [6.07, 6.45) is 0. The molecule has 1 amide bonds. The summed E-state index contributed by atoms with van der Waals surface area (Å²) in [6.45, 7) is 9.75. The minimum atomic E-state index is -0.134. The summed E-state index contributed by atoms with van der Waals surface area (Å²) in [4.78, 5) is 11.6. The van der Waals surface area contributed by atoms with E-state index in [-0.39, 0.29) is 18.6 Å². The second kappa shape index (κ2) is 8.90. The van der Waals surface area contributed by atoms with E-state index in [9.17, 15) is 4.79 Å². The first-order valence-electron chi connectivity index (χ1n) is 7.36. The first-order valence-corrected chi connectivity index (χ1v) is 7.74. The Balaban J connectivity index is 2.55. The number of ether oxygens (including phenoxy) is 1. The molecule has 0 saturated heterocycles. The zero-order valence-corrected chi connectivity index (χ0v) is 14.0. The lowest BCUT2D eigenvalue weighted by atomic mass is 10.1. The Kier molecular flexibility index (Phi) is 7.54. The van der Waals surface area contributed by atoms with Gasteiger partial charge in [0, 0.05) is 12.6 Å². The minimum Gasteiger partial charge on any atom is -0.482 e. The molecule has 0 heterocycles. The molecular formula is C16H25ClN2O2. The molecule has 1 unspecified atom stereocenters. The maximum Gasteiger partial charge on any atom is 0.257 e. The maximum atomic E-state index is 11.6. The van der Waals surface area contributed by atoms with Gasteiger partial charge in [0.15, 0.2) is 6.61 Å². The lowest BCUT2D eigenvalue weighted by molar-refractivity contribution is -0.123. The summed E-state index contributed by atoms with van der Waals surface area (Å²) < 4.78 is 5.46. The van der Waals surface area contributed by atoms with Crippen molar-refractivity contribution in [3.63, 3.8) is 0 Å². The topological polar surface area (TPSA) is 50.4 Å². The Morgan fingerprint density at radius 3 is 2.62 bits per heavy atom. The normalized spacial score (nSPS) is 12.3. The Labute approximate surface area is 132 Å². The van der Waals surface area contributed by atoms with Gasteiger partial charge in [0.05, 0.1) is 5.02 Å². The summed E-state index contributed by atoms with van der Waals surface area (Å²) >= 11 is 6.20. The van der Waals surface area contributed by atoms with E-state index in [1.165, 1.54) is 0 Å². The van der Waals surface area contributed by atoms with Crippen molar-refractivity contribution in [2.45, 2.75) is 33.7 Å². The van der Waals surface area contributed by atoms with Gasteiger partial charge < -0.3 is 15.4 Å². The van der Waals surface area contributed by atoms with Crippen molar-refractivity contribution in [3.05, 3.63) is 28.8 Å². The average molecular weight is 313 g/mol. The van der Waals surface area contributed by atoms with Crippen LogP contribution in [0.1, 0.15) is 39.3 Å². The van der Waals surface area contributed by atoms with E-state index >= 15 is 0 Å². The molecule has 0 aromatic heterocycles. The fourth-order valence-corrected chi connectivity index (χ4v) is 2.08. The molecule has 1 aromatic rings. The summed E-state index contributed by atoms with van der Waals surface area (Å²) in [6, 6.07) is 5.87. The monoisotopic (exact) mass is 312 g/mol. The van der Waals surface area contributed by atoms with Gasteiger partial charge in [-0.2, -0.15) is 0 Å². The molecule has 0 spiro atoms. The first-order chi connectivity index (χ1) is 9.93. The highest BCUT2D eigenvalue weighted by molar-refractivity contribution is 6.32. The van der Waals surface area contributed by atoms with Crippen LogP contribution in [0.15, 0.2) is 18.2 Å².